The minimum Gasteiger partial charge on any atom is -0.508 e. The number of nitrogens with zero attached hydrogens (tertiary/aromatic N) is 5. The average molecular weight is 614 g/mol. The zero-order valence-corrected chi connectivity index (χ0v) is 25.5. The average Bonchev–Trinajstić information content (AvgIpc) is 3.30. The smallest absolute Gasteiger partial charge is 0.319 e. The number of aromatic hydroxyl groups is 1. The lowest BCUT2D eigenvalue weighted by Gasteiger charge is -2.45. The van der Waals surface area contributed by atoms with Crippen LogP contribution in [0, 0.1) is 29.4 Å². The summed E-state index contributed by atoms with van der Waals surface area (Å²) in [6.07, 6.45) is 13.6. The third-order valence-corrected chi connectivity index (χ3v) is 9.93. The topological polar surface area (TPSA) is 83.8 Å². The van der Waals surface area contributed by atoms with Crippen LogP contribution in [-0.2, 0) is 4.74 Å². The monoisotopic (exact) mass is 613 g/mol. The Bertz CT molecular complexity index is 1800. The summed E-state index contributed by atoms with van der Waals surface area (Å²) in [7, 11) is 0. The normalized spacial score (nSPS) is 22.4. The van der Waals surface area contributed by atoms with E-state index in [2.05, 4.69) is 32.6 Å². The van der Waals surface area contributed by atoms with E-state index < -0.39 is 11.6 Å². The van der Waals surface area contributed by atoms with Gasteiger partial charge in [-0.05, 0) is 68.8 Å². The van der Waals surface area contributed by atoms with E-state index in [1.54, 1.807) is 0 Å². The summed E-state index contributed by atoms with van der Waals surface area (Å²) in [5.41, 5.74) is 0.110. The number of hydrogen-bond acceptors (Lipinski definition) is 8. The number of ether oxygens (including phenoxy) is 2. The highest BCUT2D eigenvalue weighted by Gasteiger charge is 2.48. The van der Waals surface area contributed by atoms with Gasteiger partial charge in [-0.15, -0.1) is 6.42 Å². The Balaban J connectivity index is 1.36. The molecule has 3 fully saturated rings. The Hall–Kier alpha value is -4.07. The summed E-state index contributed by atoms with van der Waals surface area (Å²) in [6, 6.07) is 6.13. The maximum absolute atomic E-state index is 16.8. The van der Waals surface area contributed by atoms with Gasteiger partial charge in [0.25, 0.3) is 0 Å². The number of pyridine rings is 1. The summed E-state index contributed by atoms with van der Waals surface area (Å²) in [6.45, 7) is 7.19. The molecule has 1 N–H and O–H groups in total. The first-order chi connectivity index (χ1) is 21.9. The van der Waals surface area contributed by atoms with Crippen LogP contribution < -0.4 is 9.64 Å². The van der Waals surface area contributed by atoms with Crippen molar-refractivity contribution in [3.8, 4) is 35.4 Å². The largest absolute Gasteiger partial charge is 0.508 e. The zero-order valence-electron chi connectivity index (χ0n) is 25.5. The molecule has 2 aromatic heterocycles. The molecule has 1 saturated carbocycles. The third-order valence-electron chi connectivity index (χ3n) is 9.93. The lowest BCUT2D eigenvalue weighted by Crippen LogP contribution is -2.51. The molecule has 4 aromatic rings. The molecule has 10 heteroatoms. The van der Waals surface area contributed by atoms with E-state index in [0.717, 1.165) is 51.6 Å². The van der Waals surface area contributed by atoms with E-state index in [1.165, 1.54) is 30.5 Å². The number of benzene rings is 2. The molecule has 0 amide bonds. The molecule has 0 radical (unpaired) electrons. The van der Waals surface area contributed by atoms with Crippen molar-refractivity contribution in [3.63, 3.8) is 0 Å². The van der Waals surface area contributed by atoms with Crippen molar-refractivity contribution in [3.05, 3.63) is 47.7 Å². The fourth-order valence-corrected chi connectivity index (χ4v) is 7.82. The number of rotatable bonds is 6. The number of phenols is 1. The molecule has 45 heavy (non-hydrogen) atoms. The number of aromatic nitrogens is 3. The Kier molecular flexibility index (Phi) is 7.92. The van der Waals surface area contributed by atoms with Crippen molar-refractivity contribution in [2.24, 2.45) is 5.41 Å². The van der Waals surface area contributed by atoms with Crippen molar-refractivity contribution < 1.29 is 23.4 Å². The quantitative estimate of drug-likeness (QED) is 0.263. The van der Waals surface area contributed by atoms with Crippen LogP contribution in [0.15, 0.2) is 30.5 Å². The van der Waals surface area contributed by atoms with Crippen molar-refractivity contribution in [1.29, 1.82) is 0 Å². The molecule has 0 spiro atoms. The summed E-state index contributed by atoms with van der Waals surface area (Å²) in [4.78, 5) is 18.6. The number of piperidine rings is 1. The van der Waals surface area contributed by atoms with Crippen LogP contribution in [0.4, 0.5) is 14.6 Å². The maximum atomic E-state index is 16.8. The minimum atomic E-state index is -0.724. The van der Waals surface area contributed by atoms with Crippen LogP contribution in [0.25, 0.3) is 32.9 Å². The Morgan fingerprint density at radius 3 is 2.82 bits per heavy atom. The molecule has 8 nitrogen and oxygen atoms in total. The van der Waals surface area contributed by atoms with Crippen molar-refractivity contribution in [2.75, 3.05) is 50.9 Å². The van der Waals surface area contributed by atoms with E-state index in [1.807, 2.05) is 0 Å². The molecule has 2 aliphatic heterocycles. The summed E-state index contributed by atoms with van der Waals surface area (Å²) < 4.78 is 43.7. The van der Waals surface area contributed by atoms with Gasteiger partial charge in [0.2, 0.25) is 0 Å². The summed E-state index contributed by atoms with van der Waals surface area (Å²) in [5, 5.41) is 11.7. The van der Waals surface area contributed by atoms with E-state index in [9.17, 15) is 9.50 Å². The fourth-order valence-electron chi connectivity index (χ4n) is 7.82. The Morgan fingerprint density at radius 1 is 1.11 bits per heavy atom. The van der Waals surface area contributed by atoms with E-state index in [0.29, 0.717) is 60.9 Å². The molecular formula is C35H37F2N5O3. The number of phenolic OH excluding ortho intramolecular Hbond substituents is 1. The lowest BCUT2D eigenvalue weighted by atomic mass is 9.75. The Morgan fingerprint density at radius 2 is 1.98 bits per heavy atom. The number of halogens is 2. The standard InChI is InChI=1S/C35H37F2N5O3/c1-3-24-27(36)10-9-22-18-23(43)19-25(29(22)24)31-30(37)32-26(20-38-31)33(42-14-7-16-44-17-15-42)40-34(39-32)45-21-35-11-5-8-28(35)41(4-2)13-6-12-35/h1,9-10,18-20,28,43H,4-8,11-17,21H2,2H3/t28-,35-/m1/s1. The van der Waals surface area contributed by atoms with Crippen molar-refractivity contribution in [2.45, 2.75) is 51.5 Å². The van der Waals surface area contributed by atoms with Gasteiger partial charge >= 0.3 is 6.01 Å². The van der Waals surface area contributed by atoms with Gasteiger partial charge in [0.15, 0.2) is 5.82 Å². The number of fused-ring (bicyclic) bond motifs is 3. The molecular weight excluding hydrogens is 576 g/mol. The van der Waals surface area contributed by atoms with Gasteiger partial charge in [-0.3, -0.25) is 9.88 Å². The first kappa shape index (κ1) is 29.6. The highest BCUT2D eigenvalue weighted by Crippen LogP contribution is 2.48. The first-order valence-corrected chi connectivity index (χ1v) is 15.9. The van der Waals surface area contributed by atoms with E-state index in [4.69, 9.17) is 20.9 Å². The fraction of sp³-hybridized carbons (Fsp3) is 0.457. The Labute approximate surface area is 261 Å². The molecule has 2 aromatic carbocycles. The maximum Gasteiger partial charge on any atom is 0.319 e. The summed E-state index contributed by atoms with van der Waals surface area (Å²) >= 11 is 0. The second-order valence-corrected chi connectivity index (χ2v) is 12.4. The molecule has 0 bridgehead atoms. The molecule has 3 aliphatic rings. The molecule has 2 atom stereocenters. The number of likely N-dealkylation sites (tertiary alicyclic amines) is 1. The van der Waals surface area contributed by atoms with E-state index in [-0.39, 0.29) is 39.5 Å². The van der Waals surface area contributed by atoms with Crippen LogP contribution in [0.1, 0.15) is 51.0 Å². The van der Waals surface area contributed by atoms with Crippen LogP contribution in [-0.4, -0.2) is 77.0 Å². The van der Waals surface area contributed by atoms with Crippen LogP contribution >= 0.6 is 0 Å². The second-order valence-electron chi connectivity index (χ2n) is 12.4. The van der Waals surface area contributed by atoms with Gasteiger partial charge in [-0.25, -0.2) is 8.78 Å². The van der Waals surface area contributed by atoms with E-state index >= 15 is 4.39 Å². The van der Waals surface area contributed by atoms with Gasteiger partial charge in [0.05, 0.1) is 24.2 Å². The van der Waals surface area contributed by atoms with Crippen LogP contribution in [0.3, 0.4) is 0 Å². The predicted octanol–water partition coefficient (Wildman–Crippen LogP) is 6.07. The van der Waals surface area contributed by atoms with Crippen molar-refractivity contribution in [1.82, 2.24) is 19.9 Å². The van der Waals surface area contributed by atoms with Gasteiger partial charge < -0.3 is 19.5 Å². The van der Waals surface area contributed by atoms with Crippen LogP contribution in [0.5, 0.6) is 11.8 Å². The number of terminal acetylenes is 1. The number of anilines is 1. The lowest BCUT2D eigenvalue weighted by molar-refractivity contribution is 0.00248. The van der Waals surface area contributed by atoms with Gasteiger partial charge in [0, 0.05) is 48.3 Å². The molecule has 2 saturated heterocycles. The highest BCUT2D eigenvalue weighted by atomic mass is 19.1. The predicted molar refractivity (Wildman–Crippen MR) is 169 cm³/mol. The molecule has 234 valence electrons. The summed E-state index contributed by atoms with van der Waals surface area (Å²) in [5.74, 6) is 1.47. The SMILES string of the molecule is C#Cc1c(F)ccc2cc(O)cc(-c3ncc4c(N5CCCOCC5)nc(OC[C@]56CCC[C@H]5N(CC)CCC6)nc4c3F)c12. The minimum absolute atomic E-state index is 0.0152. The molecule has 1 aliphatic carbocycles. The zero-order chi connectivity index (χ0) is 31.1. The third kappa shape index (κ3) is 5.22. The highest BCUT2D eigenvalue weighted by molar-refractivity contribution is 6.03. The van der Waals surface area contributed by atoms with Crippen molar-refractivity contribution >= 4 is 27.5 Å². The first-order valence-electron chi connectivity index (χ1n) is 15.9. The van der Waals surface area contributed by atoms with Gasteiger partial charge in [-0.1, -0.05) is 25.3 Å². The second kappa shape index (κ2) is 12.0. The number of hydrogen-bond donors (Lipinski definition) is 1. The molecule has 4 heterocycles. The van der Waals surface area contributed by atoms with Crippen LogP contribution in [0.2, 0.25) is 0 Å². The van der Waals surface area contributed by atoms with Gasteiger partial charge in [0.1, 0.15) is 28.6 Å². The van der Waals surface area contributed by atoms with Gasteiger partial charge in [-0.2, -0.15) is 9.97 Å². The molecule has 0 unspecified atom stereocenters. The molecule has 7 rings (SSSR count).